The second kappa shape index (κ2) is 2.92. The number of aromatic nitrogens is 1. The summed E-state index contributed by atoms with van der Waals surface area (Å²) in [6.45, 7) is 2.98. The summed E-state index contributed by atoms with van der Waals surface area (Å²) >= 11 is 1.20. The van der Waals surface area contributed by atoms with Crippen molar-refractivity contribution in [3.63, 3.8) is 0 Å². The van der Waals surface area contributed by atoms with Gasteiger partial charge in [0.2, 0.25) is 11.6 Å². The van der Waals surface area contributed by atoms with Crippen molar-refractivity contribution in [1.29, 1.82) is 0 Å². The van der Waals surface area contributed by atoms with Gasteiger partial charge in [-0.15, -0.1) is 11.3 Å². The summed E-state index contributed by atoms with van der Waals surface area (Å²) in [7, 11) is 0. The van der Waals surface area contributed by atoms with Gasteiger partial charge in [-0.3, -0.25) is 9.59 Å². The zero-order valence-electron chi connectivity index (χ0n) is 6.25. The number of hydrogen-bond acceptors (Lipinski definition) is 4. The molecule has 0 aliphatic carbocycles. The van der Waals surface area contributed by atoms with Crippen LogP contribution in [0.4, 0.5) is 0 Å². The summed E-state index contributed by atoms with van der Waals surface area (Å²) in [5.74, 6) is -0.873. The first-order valence-electron chi connectivity index (χ1n) is 3.08. The zero-order chi connectivity index (χ0) is 8.43. The minimum Gasteiger partial charge on any atom is -0.291 e. The van der Waals surface area contributed by atoms with Gasteiger partial charge in [-0.05, 0) is 6.92 Å². The number of rotatable bonds is 2. The van der Waals surface area contributed by atoms with Gasteiger partial charge >= 0.3 is 0 Å². The Morgan fingerprint density at radius 1 is 1.55 bits per heavy atom. The number of hydrogen-bond donors (Lipinski definition) is 0. The van der Waals surface area contributed by atoms with Gasteiger partial charge in [-0.1, -0.05) is 0 Å². The summed E-state index contributed by atoms with van der Waals surface area (Å²) in [6.07, 6.45) is 0. The van der Waals surface area contributed by atoms with Gasteiger partial charge in [0.1, 0.15) is 4.88 Å². The highest BCUT2D eigenvalue weighted by atomic mass is 32.1. The standard InChI is InChI=1S/C7H7NO2S/c1-4-7(11-3-8-4)6(10)5(2)9/h3H,1-2H3. The van der Waals surface area contributed by atoms with Gasteiger partial charge in [0.25, 0.3) is 0 Å². The van der Waals surface area contributed by atoms with Gasteiger partial charge < -0.3 is 0 Å². The molecule has 1 aromatic heterocycles. The fourth-order valence-electron chi connectivity index (χ4n) is 0.680. The van der Waals surface area contributed by atoms with E-state index in [1.807, 2.05) is 0 Å². The molecule has 0 saturated heterocycles. The first-order valence-corrected chi connectivity index (χ1v) is 3.96. The number of thiazole rings is 1. The van der Waals surface area contributed by atoms with E-state index < -0.39 is 11.6 Å². The molecule has 0 aliphatic heterocycles. The van der Waals surface area contributed by atoms with Crippen LogP contribution in [0, 0.1) is 6.92 Å². The number of carbonyl (C=O) groups excluding carboxylic acids is 2. The van der Waals surface area contributed by atoms with Crippen molar-refractivity contribution in [2.24, 2.45) is 0 Å². The molecule has 1 aromatic rings. The Labute approximate surface area is 68.1 Å². The lowest BCUT2D eigenvalue weighted by molar-refractivity contribution is -0.113. The highest BCUT2D eigenvalue weighted by Crippen LogP contribution is 2.12. The van der Waals surface area contributed by atoms with Crippen LogP contribution in [-0.4, -0.2) is 16.6 Å². The van der Waals surface area contributed by atoms with Gasteiger partial charge in [-0.25, -0.2) is 4.98 Å². The van der Waals surface area contributed by atoms with Crippen molar-refractivity contribution in [1.82, 2.24) is 4.98 Å². The lowest BCUT2D eigenvalue weighted by atomic mass is 10.2. The molecule has 0 bridgehead atoms. The van der Waals surface area contributed by atoms with E-state index in [0.717, 1.165) is 0 Å². The third-order valence-corrected chi connectivity index (χ3v) is 2.20. The van der Waals surface area contributed by atoms with Crippen molar-refractivity contribution in [2.45, 2.75) is 13.8 Å². The summed E-state index contributed by atoms with van der Waals surface area (Å²) < 4.78 is 0. The molecule has 0 aliphatic rings. The fourth-order valence-corrected chi connectivity index (χ4v) is 1.47. The lowest BCUT2D eigenvalue weighted by Gasteiger charge is -1.90. The summed E-state index contributed by atoms with van der Waals surface area (Å²) in [6, 6.07) is 0. The van der Waals surface area contributed by atoms with E-state index >= 15 is 0 Å². The molecular weight excluding hydrogens is 162 g/mol. The smallest absolute Gasteiger partial charge is 0.240 e. The second-order valence-corrected chi connectivity index (χ2v) is 3.01. The Hall–Kier alpha value is -1.03. The number of nitrogens with zero attached hydrogens (tertiary/aromatic N) is 1. The number of aryl methyl sites for hydroxylation is 1. The van der Waals surface area contributed by atoms with Crippen molar-refractivity contribution in [2.75, 3.05) is 0 Å². The second-order valence-electron chi connectivity index (χ2n) is 2.15. The minimum absolute atomic E-state index is 0.433. The van der Waals surface area contributed by atoms with E-state index in [4.69, 9.17) is 0 Å². The predicted molar refractivity (Wildman–Crippen MR) is 41.9 cm³/mol. The highest BCUT2D eigenvalue weighted by molar-refractivity contribution is 7.12. The van der Waals surface area contributed by atoms with Crippen LogP contribution in [0.15, 0.2) is 5.51 Å². The van der Waals surface area contributed by atoms with Crippen LogP contribution >= 0.6 is 11.3 Å². The summed E-state index contributed by atoms with van der Waals surface area (Å²) in [4.78, 5) is 26.0. The lowest BCUT2D eigenvalue weighted by Crippen LogP contribution is -2.08. The molecule has 0 N–H and O–H groups in total. The Balaban J connectivity index is 3.02. The number of carbonyl (C=O) groups is 2. The third-order valence-electron chi connectivity index (χ3n) is 1.27. The largest absolute Gasteiger partial charge is 0.291 e. The summed E-state index contributed by atoms with van der Waals surface area (Å²) in [5.41, 5.74) is 2.20. The van der Waals surface area contributed by atoms with E-state index in [-0.39, 0.29) is 0 Å². The van der Waals surface area contributed by atoms with Crippen molar-refractivity contribution in [3.05, 3.63) is 16.1 Å². The first kappa shape index (κ1) is 8.07. The molecule has 0 spiro atoms. The molecule has 3 nitrogen and oxygen atoms in total. The zero-order valence-corrected chi connectivity index (χ0v) is 7.07. The van der Waals surface area contributed by atoms with Crippen molar-refractivity contribution < 1.29 is 9.59 Å². The third kappa shape index (κ3) is 1.51. The molecular formula is C7H7NO2S. The maximum Gasteiger partial charge on any atom is 0.240 e. The van der Waals surface area contributed by atoms with Gasteiger partial charge in [0.05, 0.1) is 11.2 Å². The van der Waals surface area contributed by atoms with Gasteiger partial charge in [0.15, 0.2) is 0 Å². The van der Waals surface area contributed by atoms with Crippen LogP contribution in [-0.2, 0) is 4.79 Å². The van der Waals surface area contributed by atoms with Crippen molar-refractivity contribution >= 4 is 22.9 Å². The quantitative estimate of drug-likeness (QED) is 0.494. The van der Waals surface area contributed by atoms with E-state index in [1.165, 1.54) is 18.3 Å². The fraction of sp³-hybridized carbons (Fsp3) is 0.286. The van der Waals surface area contributed by atoms with E-state index in [0.29, 0.717) is 10.6 Å². The molecule has 0 amide bonds. The molecule has 0 atom stereocenters. The van der Waals surface area contributed by atoms with Crippen LogP contribution in [0.1, 0.15) is 22.3 Å². The number of Topliss-reactive ketones (excluding diaryl/α,β-unsaturated/α-hetero) is 2. The van der Waals surface area contributed by atoms with Crippen LogP contribution < -0.4 is 0 Å². The maximum atomic E-state index is 11.0. The molecule has 0 fully saturated rings. The predicted octanol–water partition coefficient (Wildman–Crippen LogP) is 1.22. The SMILES string of the molecule is CC(=O)C(=O)c1scnc1C. The van der Waals surface area contributed by atoms with Crippen molar-refractivity contribution in [3.8, 4) is 0 Å². The molecule has 1 rings (SSSR count). The first-order chi connectivity index (χ1) is 5.13. The van der Waals surface area contributed by atoms with E-state index in [9.17, 15) is 9.59 Å². The molecule has 11 heavy (non-hydrogen) atoms. The molecule has 0 aromatic carbocycles. The Kier molecular flexibility index (Phi) is 2.14. The minimum atomic E-state index is -0.440. The molecule has 58 valence electrons. The summed E-state index contributed by atoms with van der Waals surface area (Å²) in [5, 5.41) is 0. The monoisotopic (exact) mass is 169 g/mol. The molecule has 0 unspecified atom stereocenters. The highest BCUT2D eigenvalue weighted by Gasteiger charge is 2.15. The van der Waals surface area contributed by atoms with Crippen LogP contribution in [0.2, 0.25) is 0 Å². The van der Waals surface area contributed by atoms with Gasteiger partial charge in [0, 0.05) is 6.92 Å². The molecule has 0 radical (unpaired) electrons. The van der Waals surface area contributed by atoms with E-state index in [1.54, 1.807) is 12.4 Å². The van der Waals surface area contributed by atoms with Crippen LogP contribution in [0.5, 0.6) is 0 Å². The Morgan fingerprint density at radius 2 is 2.18 bits per heavy atom. The average Bonchev–Trinajstić information content (AvgIpc) is 2.33. The Bertz CT molecular complexity index is 303. The molecule has 1 heterocycles. The molecule has 4 heteroatoms. The topological polar surface area (TPSA) is 47.0 Å². The van der Waals surface area contributed by atoms with E-state index in [2.05, 4.69) is 4.98 Å². The Morgan fingerprint density at radius 3 is 2.55 bits per heavy atom. The number of ketones is 2. The maximum absolute atomic E-state index is 11.0. The normalized spacial score (nSPS) is 9.64. The van der Waals surface area contributed by atoms with Crippen LogP contribution in [0.25, 0.3) is 0 Å². The molecule has 0 saturated carbocycles. The van der Waals surface area contributed by atoms with Crippen LogP contribution in [0.3, 0.4) is 0 Å². The average molecular weight is 169 g/mol. The van der Waals surface area contributed by atoms with Gasteiger partial charge in [-0.2, -0.15) is 0 Å².